The van der Waals surface area contributed by atoms with Gasteiger partial charge in [0.15, 0.2) is 0 Å². The predicted octanol–water partition coefficient (Wildman–Crippen LogP) is 3.49. The van der Waals surface area contributed by atoms with Crippen molar-refractivity contribution in [2.45, 2.75) is 38.5 Å². The summed E-state index contributed by atoms with van der Waals surface area (Å²) >= 11 is 0. The summed E-state index contributed by atoms with van der Waals surface area (Å²) in [6, 6.07) is 16.5. The average Bonchev–Trinajstić information content (AvgIpc) is 2.89. The van der Waals surface area contributed by atoms with E-state index in [4.69, 9.17) is 9.47 Å². The minimum atomic E-state index is -1.90. The molecule has 0 aromatic heterocycles. The molecule has 1 aliphatic heterocycles. The van der Waals surface area contributed by atoms with Crippen molar-refractivity contribution in [3.8, 4) is 11.8 Å². The summed E-state index contributed by atoms with van der Waals surface area (Å²) in [5, 5.41) is 12.5. The second kappa shape index (κ2) is 7.47. The second-order valence-corrected chi connectivity index (χ2v) is 7.75. The number of hydrogen-bond acceptors (Lipinski definition) is 5. The van der Waals surface area contributed by atoms with Crippen LogP contribution in [0, 0.1) is 11.3 Å². The van der Waals surface area contributed by atoms with Crippen LogP contribution in [0.4, 0.5) is 10.5 Å². The number of rotatable bonds is 4. The zero-order chi connectivity index (χ0) is 21.2. The maximum atomic E-state index is 13.4. The number of nitrogens with one attached hydrogen (secondary N) is 1. The number of amides is 2. The summed E-state index contributed by atoms with van der Waals surface area (Å²) in [4.78, 5) is 27.4. The quantitative estimate of drug-likeness (QED) is 0.859. The lowest BCUT2D eigenvalue weighted by molar-refractivity contribution is -0.122. The normalized spacial score (nSPS) is 18.0. The Morgan fingerprint density at radius 3 is 2.48 bits per heavy atom. The number of alkyl carbamates (subject to hydrolysis) is 1. The smallest absolute Gasteiger partial charge is 0.409 e. The third kappa shape index (κ3) is 3.87. The van der Waals surface area contributed by atoms with Gasteiger partial charge in [-0.3, -0.25) is 10.1 Å². The maximum absolute atomic E-state index is 13.4. The van der Waals surface area contributed by atoms with E-state index in [-0.39, 0.29) is 6.54 Å². The topological polar surface area (TPSA) is 91.7 Å². The molecule has 0 saturated heterocycles. The Hall–Kier alpha value is -3.53. The van der Waals surface area contributed by atoms with Crippen molar-refractivity contribution in [3.63, 3.8) is 0 Å². The number of benzene rings is 2. The van der Waals surface area contributed by atoms with Crippen LogP contribution in [-0.2, 0) is 21.6 Å². The number of methoxy groups -OCH3 is 1. The van der Waals surface area contributed by atoms with E-state index in [2.05, 4.69) is 5.32 Å². The van der Waals surface area contributed by atoms with Gasteiger partial charge in [-0.1, -0.05) is 30.3 Å². The van der Waals surface area contributed by atoms with E-state index in [1.807, 2.05) is 36.4 Å². The molecule has 7 nitrogen and oxygen atoms in total. The number of nitriles is 1. The molecule has 0 aliphatic carbocycles. The van der Waals surface area contributed by atoms with Crippen LogP contribution in [0.5, 0.6) is 5.75 Å². The van der Waals surface area contributed by atoms with E-state index >= 15 is 0 Å². The highest BCUT2D eigenvalue weighted by molar-refractivity contribution is 6.11. The van der Waals surface area contributed by atoms with Crippen molar-refractivity contribution >= 4 is 17.7 Å². The molecule has 0 bridgehead atoms. The molecule has 3 rings (SSSR count). The molecule has 2 aromatic rings. The Morgan fingerprint density at radius 1 is 1.21 bits per heavy atom. The third-order valence-corrected chi connectivity index (χ3v) is 4.50. The highest BCUT2D eigenvalue weighted by atomic mass is 16.6. The van der Waals surface area contributed by atoms with Crippen molar-refractivity contribution in [2.75, 3.05) is 12.0 Å². The number of carbonyl (C=O) groups is 2. The first kappa shape index (κ1) is 20.2. The van der Waals surface area contributed by atoms with Gasteiger partial charge < -0.3 is 14.4 Å². The number of anilines is 1. The van der Waals surface area contributed by atoms with E-state index in [0.29, 0.717) is 17.0 Å². The summed E-state index contributed by atoms with van der Waals surface area (Å²) in [5.74, 6) is -0.0679. The van der Waals surface area contributed by atoms with E-state index in [0.717, 1.165) is 5.56 Å². The van der Waals surface area contributed by atoms with Gasteiger partial charge in [0, 0.05) is 5.56 Å². The van der Waals surface area contributed by atoms with Crippen molar-refractivity contribution in [2.24, 2.45) is 0 Å². The largest absolute Gasteiger partial charge is 0.497 e. The summed E-state index contributed by atoms with van der Waals surface area (Å²) in [6.45, 7) is 5.39. The van der Waals surface area contributed by atoms with Gasteiger partial charge in [-0.25, -0.2) is 4.79 Å². The van der Waals surface area contributed by atoms with Crippen LogP contribution in [0.3, 0.4) is 0 Å². The molecular weight excluding hydrogens is 370 g/mol. The highest BCUT2D eigenvalue weighted by Gasteiger charge is 2.53. The maximum Gasteiger partial charge on any atom is 0.409 e. The number of hydrogen-bond donors (Lipinski definition) is 1. The molecule has 0 fully saturated rings. The first-order chi connectivity index (χ1) is 13.7. The Morgan fingerprint density at radius 2 is 1.90 bits per heavy atom. The minimum Gasteiger partial charge on any atom is -0.497 e. The Balaban J connectivity index is 2.06. The number of fused-ring (bicyclic) bond motifs is 1. The van der Waals surface area contributed by atoms with Crippen molar-refractivity contribution < 1.29 is 19.1 Å². The summed E-state index contributed by atoms with van der Waals surface area (Å²) < 4.78 is 10.6. The van der Waals surface area contributed by atoms with Crippen LogP contribution in [0.15, 0.2) is 48.5 Å². The monoisotopic (exact) mass is 393 g/mol. The number of carbonyl (C=O) groups excluding carboxylic acids is 2. The zero-order valence-corrected chi connectivity index (χ0v) is 16.9. The fourth-order valence-electron chi connectivity index (χ4n) is 3.24. The third-order valence-electron chi connectivity index (χ3n) is 4.50. The van der Waals surface area contributed by atoms with Crippen molar-refractivity contribution in [3.05, 3.63) is 59.7 Å². The van der Waals surface area contributed by atoms with Gasteiger partial charge in [0.2, 0.25) is 5.54 Å². The van der Waals surface area contributed by atoms with Crippen LogP contribution < -0.4 is 15.0 Å². The van der Waals surface area contributed by atoms with Gasteiger partial charge in [-0.2, -0.15) is 5.26 Å². The van der Waals surface area contributed by atoms with E-state index in [9.17, 15) is 14.9 Å². The molecule has 2 amide bonds. The molecule has 1 aliphatic rings. The summed E-state index contributed by atoms with van der Waals surface area (Å²) in [7, 11) is 1.50. The molecule has 150 valence electrons. The van der Waals surface area contributed by atoms with Gasteiger partial charge in [-0.15, -0.1) is 0 Å². The van der Waals surface area contributed by atoms with Gasteiger partial charge in [0.25, 0.3) is 5.91 Å². The second-order valence-electron chi connectivity index (χ2n) is 7.75. The van der Waals surface area contributed by atoms with E-state index in [1.54, 1.807) is 39.0 Å². The molecular formula is C22H23N3O4. The van der Waals surface area contributed by atoms with E-state index in [1.165, 1.54) is 12.0 Å². The molecule has 7 heteroatoms. The lowest BCUT2D eigenvalue weighted by Gasteiger charge is -2.26. The van der Waals surface area contributed by atoms with Crippen LogP contribution >= 0.6 is 0 Å². The van der Waals surface area contributed by atoms with Crippen LogP contribution in [0.1, 0.15) is 31.9 Å². The molecule has 0 unspecified atom stereocenters. The first-order valence-electron chi connectivity index (χ1n) is 9.17. The minimum absolute atomic E-state index is 0.262. The zero-order valence-electron chi connectivity index (χ0n) is 16.9. The van der Waals surface area contributed by atoms with Crippen LogP contribution in [0.2, 0.25) is 0 Å². The Kier molecular flexibility index (Phi) is 5.21. The van der Waals surface area contributed by atoms with Gasteiger partial charge in [0.05, 0.1) is 19.3 Å². The van der Waals surface area contributed by atoms with E-state index < -0.39 is 23.1 Å². The molecule has 1 heterocycles. The lowest BCUT2D eigenvalue weighted by Crippen LogP contribution is -2.53. The molecule has 2 aromatic carbocycles. The number of ether oxygens (including phenoxy) is 2. The first-order valence-corrected chi connectivity index (χ1v) is 9.17. The molecule has 29 heavy (non-hydrogen) atoms. The van der Waals surface area contributed by atoms with Crippen molar-refractivity contribution in [1.82, 2.24) is 5.32 Å². The Bertz CT molecular complexity index is 976. The summed E-state index contributed by atoms with van der Waals surface area (Å²) in [5.41, 5.74) is -0.887. The summed E-state index contributed by atoms with van der Waals surface area (Å²) in [6.07, 6.45) is -0.845. The molecule has 0 radical (unpaired) electrons. The lowest BCUT2D eigenvalue weighted by atomic mass is 9.93. The highest BCUT2D eigenvalue weighted by Crippen LogP contribution is 2.43. The SMILES string of the molecule is COc1ccc2c(c1)[C@](C#N)(NC(=O)OC(C)(C)C)C(=O)N2Cc1ccccc1. The number of nitrogens with zero attached hydrogens (tertiary/aromatic N) is 2. The van der Waals surface area contributed by atoms with Crippen LogP contribution in [0.25, 0.3) is 0 Å². The molecule has 0 saturated carbocycles. The van der Waals surface area contributed by atoms with Gasteiger partial charge in [-0.05, 0) is 44.5 Å². The fraction of sp³-hybridized carbons (Fsp3) is 0.318. The van der Waals surface area contributed by atoms with Gasteiger partial charge >= 0.3 is 6.09 Å². The average molecular weight is 393 g/mol. The predicted molar refractivity (Wildman–Crippen MR) is 107 cm³/mol. The van der Waals surface area contributed by atoms with Crippen molar-refractivity contribution in [1.29, 1.82) is 5.26 Å². The standard InChI is InChI=1S/C22H23N3O4/c1-21(2,3)29-20(27)24-22(14-23)17-12-16(28-4)10-11-18(17)25(19(22)26)13-15-8-6-5-7-9-15/h5-12H,13H2,1-4H3,(H,24,27)/t22-/m0/s1. The fourth-order valence-corrected chi connectivity index (χ4v) is 3.24. The molecule has 1 atom stereocenters. The molecule has 0 spiro atoms. The Labute approximate surface area is 169 Å². The van der Waals surface area contributed by atoms with Gasteiger partial charge in [0.1, 0.15) is 17.4 Å². The molecule has 1 N–H and O–H groups in total. The van der Waals surface area contributed by atoms with Crippen LogP contribution in [-0.4, -0.2) is 24.7 Å².